The molecule has 1 saturated heterocycles. The molecule has 1 unspecified atom stereocenters. The zero-order valence-corrected chi connectivity index (χ0v) is 19.4. The molecule has 10 heteroatoms. The Morgan fingerprint density at radius 1 is 1.33 bits per heavy atom. The van der Waals surface area contributed by atoms with Crippen LogP contribution < -0.4 is 15.2 Å². The number of carbonyl (C=O) groups is 1. The average molecular weight is 473 g/mol. The molecule has 0 aliphatic carbocycles. The van der Waals surface area contributed by atoms with Crippen molar-refractivity contribution in [3.05, 3.63) is 56.5 Å². The predicted molar refractivity (Wildman–Crippen MR) is 124 cm³/mol. The summed E-state index contributed by atoms with van der Waals surface area (Å²) in [7, 11) is 2.76. The quantitative estimate of drug-likeness (QED) is 0.545. The summed E-state index contributed by atoms with van der Waals surface area (Å²) < 4.78 is 11.5. The van der Waals surface area contributed by atoms with E-state index < -0.39 is 11.5 Å². The Kier molecular flexibility index (Phi) is 6.53. The number of hydrogen-bond acceptors (Lipinski definition) is 8. The van der Waals surface area contributed by atoms with E-state index in [1.807, 2.05) is 4.90 Å². The standard InChI is InChI=1S/C23H25ClN4O5/c1-13-16-10-25-23(27-8-4-5-15(27)12-29)26-20(16)28(21(30)19(13)22(31)33-3)11-14-6-7-18(32-2)17(24)9-14/h6-7,9-10,15,29H,4-5,8,11-12H2,1-3H3. The first-order valence-corrected chi connectivity index (χ1v) is 11.0. The molecule has 0 bridgehead atoms. The lowest BCUT2D eigenvalue weighted by Gasteiger charge is -2.23. The van der Waals surface area contributed by atoms with Crippen LogP contribution in [0.25, 0.3) is 11.0 Å². The normalized spacial score (nSPS) is 15.8. The van der Waals surface area contributed by atoms with Gasteiger partial charge in [0.2, 0.25) is 5.95 Å². The Morgan fingerprint density at radius 3 is 2.79 bits per heavy atom. The molecule has 0 saturated carbocycles. The minimum absolute atomic E-state index is 0.00113. The van der Waals surface area contributed by atoms with Gasteiger partial charge in [-0.2, -0.15) is 4.98 Å². The number of rotatable bonds is 6. The van der Waals surface area contributed by atoms with Crippen LogP contribution in [0.1, 0.15) is 34.3 Å². The first kappa shape index (κ1) is 23.0. The van der Waals surface area contributed by atoms with Gasteiger partial charge >= 0.3 is 5.97 Å². The number of aliphatic hydroxyl groups excluding tert-OH is 1. The SMILES string of the molecule is COC(=O)c1c(C)c2cnc(N3CCCC3CO)nc2n(Cc2ccc(OC)c(Cl)c2)c1=O. The number of pyridine rings is 1. The summed E-state index contributed by atoms with van der Waals surface area (Å²) in [5, 5.41) is 10.7. The monoisotopic (exact) mass is 472 g/mol. The highest BCUT2D eigenvalue weighted by atomic mass is 35.5. The number of halogens is 1. The lowest BCUT2D eigenvalue weighted by Crippen LogP contribution is -2.34. The van der Waals surface area contributed by atoms with Crippen LogP contribution in [0.2, 0.25) is 5.02 Å². The first-order chi connectivity index (χ1) is 15.9. The second-order valence-corrected chi connectivity index (χ2v) is 8.34. The number of methoxy groups -OCH3 is 2. The molecule has 3 heterocycles. The van der Waals surface area contributed by atoms with Gasteiger partial charge < -0.3 is 19.5 Å². The number of esters is 1. The van der Waals surface area contributed by atoms with Crippen LogP contribution in [0, 0.1) is 6.92 Å². The summed E-state index contributed by atoms with van der Waals surface area (Å²) in [5.41, 5.74) is 1.01. The highest BCUT2D eigenvalue weighted by Crippen LogP contribution is 2.28. The van der Waals surface area contributed by atoms with Crippen LogP contribution in [0.5, 0.6) is 5.75 Å². The minimum Gasteiger partial charge on any atom is -0.495 e. The van der Waals surface area contributed by atoms with Crippen molar-refractivity contribution in [3.63, 3.8) is 0 Å². The Morgan fingerprint density at radius 2 is 2.12 bits per heavy atom. The zero-order valence-electron chi connectivity index (χ0n) is 18.7. The average Bonchev–Trinajstić information content (AvgIpc) is 3.30. The molecular weight excluding hydrogens is 448 g/mol. The molecule has 1 aliphatic rings. The Hall–Kier alpha value is -3.17. The van der Waals surface area contributed by atoms with Gasteiger partial charge in [0.1, 0.15) is 17.0 Å². The summed E-state index contributed by atoms with van der Waals surface area (Å²) in [4.78, 5) is 37.1. The molecule has 174 valence electrons. The van der Waals surface area contributed by atoms with Crippen molar-refractivity contribution in [2.45, 2.75) is 32.4 Å². The number of fused-ring (bicyclic) bond motifs is 1. The van der Waals surface area contributed by atoms with Crippen LogP contribution in [-0.2, 0) is 11.3 Å². The summed E-state index contributed by atoms with van der Waals surface area (Å²) in [6.07, 6.45) is 3.38. The van der Waals surface area contributed by atoms with E-state index in [0.717, 1.165) is 18.4 Å². The molecule has 9 nitrogen and oxygen atoms in total. The van der Waals surface area contributed by atoms with E-state index in [9.17, 15) is 14.7 Å². The molecule has 0 spiro atoms. The van der Waals surface area contributed by atoms with Gasteiger partial charge in [-0.05, 0) is 43.0 Å². The smallest absolute Gasteiger partial charge is 0.343 e. The van der Waals surface area contributed by atoms with Crippen LogP contribution in [-0.4, -0.2) is 59.0 Å². The lowest BCUT2D eigenvalue weighted by molar-refractivity contribution is 0.0597. The maximum Gasteiger partial charge on any atom is 0.343 e. The van der Waals surface area contributed by atoms with E-state index in [2.05, 4.69) is 4.98 Å². The highest BCUT2D eigenvalue weighted by Gasteiger charge is 2.28. The number of nitrogens with zero attached hydrogens (tertiary/aromatic N) is 4. The van der Waals surface area contributed by atoms with Crippen molar-refractivity contribution in [3.8, 4) is 5.75 Å². The summed E-state index contributed by atoms with van der Waals surface area (Å²) in [6, 6.07) is 5.15. The molecule has 3 aromatic rings. The van der Waals surface area contributed by atoms with E-state index in [1.54, 1.807) is 31.3 Å². The third-order valence-corrected chi connectivity index (χ3v) is 6.34. The largest absolute Gasteiger partial charge is 0.495 e. The fraction of sp³-hybridized carbons (Fsp3) is 0.391. The number of hydrogen-bond donors (Lipinski definition) is 1. The van der Waals surface area contributed by atoms with E-state index in [4.69, 9.17) is 26.1 Å². The summed E-state index contributed by atoms with van der Waals surface area (Å²) in [5.74, 6) is 0.237. The predicted octanol–water partition coefficient (Wildman–Crippen LogP) is 2.56. The number of anilines is 1. The molecule has 1 atom stereocenters. The van der Waals surface area contributed by atoms with Crippen molar-refractivity contribution >= 4 is 34.6 Å². The molecule has 0 amide bonds. The van der Waals surface area contributed by atoms with Crippen molar-refractivity contribution in [1.29, 1.82) is 0 Å². The Labute approximate surface area is 195 Å². The molecule has 1 aliphatic heterocycles. The topological polar surface area (TPSA) is 107 Å². The molecule has 1 fully saturated rings. The van der Waals surface area contributed by atoms with Crippen molar-refractivity contribution in [2.75, 3.05) is 32.3 Å². The second-order valence-electron chi connectivity index (χ2n) is 7.93. The van der Waals surface area contributed by atoms with Crippen LogP contribution in [0.15, 0.2) is 29.2 Å². The number of ether oxygens (including phenoxy) is 2. The van der Waals surface area contributed by atoms with Gasteiger partial charge in [-0.25, -0.2) is 9.78 Å². The molecule has 2 aromatic heterocycles. The van der Waals surface area contributed by atoms with Gasteiger partial charge in [0.25, 0.3) is 5.56 Å². The van der Waals surface area contributed by atoms with E-state index in [1.165, 1.54) is 18.8 Å². The summed E-state index contributed by atoms with van der Waals surface area (Å²) >= 11 is 6.28. The van der Waals surface area contributed by atoms with E-state index >= 15 is 0 Å². The Balaban J connectivity index is 1.92. The number of carbonyl (C=O) groups excluding carboxylic acids is 1. The number of aromatic nitrogens is 3. The molecule has 4 rings (SSSR count). The third-order valence-electron chi connectivity index (χ3n) is 6.04. The van der Waals surface area contributed by atoms with Gasteiger partial charge in [-0.3, -0.25) is 9.36 Å². The maximum atomic E-state index is 13.5. The van der Waals surface area contributed by atoms with Crippen molar-refractivity contribution in [1.82, 2.24) is 14.5 Å². The van der Waals surface area contributed by atoms with Gasteiger partial charge in [0.05, 0.1) is 38.4 Å². The number of benzene rings is 1. The fourth-order valence-electron chi connectivity index (χ4n) is 4.27. The minimum atomic E-state index is -0.718. The summed E-state index contributed by atoms with van der Waals surface area (Å²) in [6.45, 7) is 2.52. The van der Waals surface area contributed by atoms with Crippen molar-refractivity contribution < 1.29 is 19.4 Å². The van der Waals surface area contributed by atoms with E-state index in [0.29, 0.717) is 39.9 Å². The molecular formula is C23H25ClN4O5. The molecule has 1 aromatic carbocycles. The van der Waals surface area contributed by atoms with Gasteiger partial charge in [-0.15, -0.1) is 0 Å². The third kappa shape index (κ3) is 4.14. The van der Waals surface area contributed by atoms with Gasteiger partial charge in [0.15, 0.2) is 0 Å². The number of aryl methyl sites for hydroxylation is 1. The van der Waals surface area contributed by atoms with Gasteiger partial charge in [-0.1, -0.05) is 17.7 Å². The zero-order chi connectivity index (χ0) is 23.7. The van der Waals surface area contributed by atoms with E-state index in [-0.39, 0.29) is 24.8 Å². The van der Waals surface area contributed by atoms with Crippen LogP contribution in [0.4, 0.5) is 5.95 Å². The maximum absolute atomic E-state index is 13.5. The molecule has 1 N–H and O–H groups in total. The lowest BCUT2D eigenvalue weighted by atomic mass is 10.1. The van der Waals surface area contributed by atoms with Crippen LogP contribution in [0.3, 0.4) is 0 Å². The Bertz CT molecular complexity index is 1280. The molecule has 0 radical (unpaired) electrons. The highest BCUT2D eigenvalue weighted by molar-refractivity contribution is 6.32. The van der Waals surface area contributed by atoms with Gasteiger partial charge in [0, 0.05) is 18.1 Å². The molecule has 33 heavy (non-hydrogen) atoms. The van der Waals surface area contributed by atoms with Crippen LogP contribution >= 0.6 is 11.6 Å². The first-order valence-electron chi connectivity index (χ1n) is 10.6. The second kappa shape index (κ2) is 9.36. The fourth-order valence-corrected chi connectivity index (χ4v) is 4.55. The number of aliphatic hydroxyl groups is 1. The van der Waals surface area contributed by atoms with Crippen molar-refractivity contribution in [2.24, 2.45) is 0 Å².